The lowest BCUT2D eigenvalue weighted by molar-refractivity contribution is 0.0250. The maximum atomic E-state index is 12.4. The third-order valence-corrected chi connectivity index (χ3v) is 5.31. The molecule has 0 bridgehead atoms. The SMILES string of the molecule is Cc1cc(N)c(S(=O)(=O)NCC2(C)CCCO2)cc1C. The average molecular weight is 298 g/mol. The topological polar surface area (TPSA) is 81.4 Å². The normalized spacial score (nSPS) is 23.1. The number of anilines is 1. The van der Waals surface area contributed by atoms with E-state index < -0.39 is 15.6 Å². The van der Waals surface area contributed by atoms with Crippen LogP contribution in [0.5, 0.6) is 0 Å². The van der Waals surface area contributed by atoms with E-state index in [2.05, 4.69) is 4.72 Å². The highest BCUT2D eigenvalue weighted by Crippen LogP contribution is 2.26. The molecule has 1 atom stereocenters. The number of hydrogen-bond acceptors (Lipinski definition) is 4. The summed E-state index contributed by atoms with van der Waals surface area (Å²) in [6.07, 6.45) is 1.82. The van der Waals surface area contributed by atoms with Gasteiger partial charge in [0.25, 0.3) is 0 Å². The Morgan fingerprint density at radius 3 is 2.60 bits per heavy atom. The van der Waals surface area contributed by atoms with Crippen LogP contribution in [0.3, 0.4) is 0 Å². The smallest absolute Gasteiger partial charge is 0.242 e. The molecule has 0 saturated carbocycles. The van der Waals surface area contributed by atoms with Gasteiger partial charge in [0.05, 0.1) is 11.3 Å². The molecule has 0 aromatic heterocycles. The number of ether oxygens (including phenoxy) is 1. The zero-order chi connectivity index (χ0) is 15.0. The van der Waals surface area contributed by atoms with E-state index in [1.165, 1.54) is 0 Å². The molecule has 3 N–H and O–H groups in total. The number of aryl methyl sites for hydroxylation is 2. The van der Waals surface area contributed by atoms with Crippen molar-refractivity contribution in [2.24, 2.45) is 0 Å². The first kappa shape index (κ1) is 15.3. The molecule has 0 aliphatic carbocycles. The summed E-state index contributed by atoms with van der Waals surface area (Å²) in [5.74, 6) is 0. The van der Waals surface area contributed by atoms with E-state index in [0.29, 0.717) is 6.61 Å². The van der Waals surface area contributed by atoms with E-state index in [9.17, 15) is 8.42 Å². The number of sulfonamides is 1. The molecule has 5 nitrogen and oxygen atoms in total. The van der Waals surface area contributed by atoms with E-state index >= 15 is 0 Å². The summed E-state index contributed by atoms with van der Waals surface area (Å²) in [4.78, 5) is 0.141. The van der Waals surface area contributed by atoms with Gasteiger partial charge in [-0.2, -0.15) is 0 Å². The Labute approximate surface area is 120 Å². The van der Waals surface area contributed by atoms with Crippen molar-refractivity contribution < 1.29 is 13.2 Å². The summed E-state index contributed by atoms with van der Waals surface area (Å²) in [5.41, 5.74) is 7.59. The summed E-state index contributed by atoms with van der Waals surface area (Å²) in [5, 5.41) is 0. The minimum absolute atomic E-state index is 0.141. The first-order valence-corrected chi connectivity index (χ1v) is 8.22. The second-order valence-electron chi connectivity index (χ2n) is 5.70. The Balaban J connectivity index is 2.20. The van der Waals surface area contributed by atoms with E-state index in [1.54, 1.807) is 12.1 Å². The van der Waals surface area contributed by atoms with Crippen LogP contribution >= 0.6 is 0 Å². The van der Waals surface area contributed by atoms with Gasteiger partial charge < -0.3 is 10.5 Å². The molecule has 20 heavy (non-hydrogen) atoms. The molecule has 2 rings (SSSR count). The Hall–Kier alpha value is -1.11. The van der Waals surface area contributed by atoms with Crippen molar-refractivity contribution in [3.05, 3.63) is 23.3 Å². The van der Waals surface area contributed by atoms with Crippen LogP contribution in [-0.4, -0.2) is 27.2 Å². The van der Waals surface area contributed by atoms with Gasteiger partial charge in [0.15, 0.2) is 0 Å². The number of nitrogens with one attached hydrogen (secondary N) is 1. The van der Waals surface area contributed by atoms with Crippen molar-refractivity contribution in [3.8, 4) is 0 Å². The standard InChI is InChI=1S/C14H22N2O3S/c1-10-7-12(15)13(8-11(10)2)20(17,18)16-9-14(3)5-4-6-19-14/h7-8,16H,4-6,9,15H2,1-3H3. The molecular weight excluding hydrogens is 276 g/mol. The Morgan fingerprint density at radius 1 is 1.35 bits per heavy atom. The van der Waals surface area contributed by atoms with Gasteiger partial charge in [-0.1, -0.05) is 0 Å². The second kappa shape index (κ2) is 5.35. The Bertz CT molecular complexity index is 605. The van der Waals surface area contributed by atoms with Gasteiger partial charge >= 0.3 is 0 Å². The van der Waals surface area contributed by atoms with Gasteiger partial charge in [-0.3, -0.25) is 0 Å². The van der Waals surface area contributed by atoms with Crippen LogP contribution in [0.15, 0.2) is 17.0 Å². The zero-order valence-electron chi connectivity index (χ0n) is 12.2. The number of nitrogen functional groups attached to an aromatic ring is 1. The van der Waals surface area contributed by atoms with E-state index in [0.717, 1.165) is 24.0 Å². The minimum Gasteiger partial charge on any atom is -0.398 e. The molecule has 112 valence electrons. The lowest BCUT2D eigenvalue weighted by Crippen LogP contribution is -2.40. The van der Waals surface area contributed by atoms with Crippen molar-refractivity contribution in [1.29, 1.82) is 0 Å². The maximum absolute atomic E-state index is 12.4. The molecule has 1 saturated heterocycles. The van der Waals surface area contributed by atoms with Crippen LogP contribution in [-0.2, 0) is 14.8 Å². The van der Waals surface area contributed by atoms with Gasteiger partial charge in [0, 0.05) is 13.2 Å². The summed E-state index contributed by atoms with van der Waals surface area (Å²) in [6.45, 7) is 6.65. The largest absolute Gasteiger partial charge is 0.398 e. The van der Waals surface area contributed by atoms with E-state index in [1.807, 2.05) is 20.8 Å². The lowest BCUT2D eigenvalue weighted by Gasteiger charge is -2.23. The summed E-state index contributed by atoms with van der Waals surface area (Å²) < 4.78 is 32.9. The summed E-state index contributed by atoms with van der Waals surface area (Å²) >= 11 is 0. The highest BCUT2D eigenvalue weighted by atomic mass is 32.2. The quantitative estimate of drug-likeness (QED) is 0.830. The van der Waals surface area contributed by atoms with E-state index in [-0.39, 0.29) is 17.1 Å². The number of hydrogen-bond donors (Lipinski definition) is 2. The summed E-state index contributed by atoms with van der Waals surface area (Å²) in [7, 11) is -3.61. The fourth-order valence-electron chi connectivity index (χ4n) is 2.35. The number of benzene rings is 1. The van der Waals surface area contributed by atoms with Gasteiger partial charge in [0.2, 0.25) is 10.0 Å². The van der Waals surface area contributed by atoms with Crippen LogP contribution in [0, 0.1) is 13.8 Å². The predicted molar refractivity (Wildman–Crippen MR) is 79.1 cm³/mol. The second-order valence-corrected chi connectivity index (χ2v) is 7.44. The Kier molecular flexibility index (Phi) is 4.09. The average Bonchev–Trinajstić information content (AvgIpc) is 2.79. The van der Waals surface area contributed by atoms with Crippen molar-refractivity contribution in [2.45, 2.75) is 44.1 Å². The van der Waals surface area contributed by atoms with Crippen molar-refractivity contribution in [1.82, 2.24) is 4.72 Å². The van der Waals surface area contributed by atoms with Crippen LogP contribution < -0.4 is 10.5 Å². The van der Waals surface area contributed by atoms with Gasteiger partial charge in [0.1, 0.15) is 4.90 Å². The van der Waals surface area contributed by atoms with Crippen molar-refractivity contribution >= 4 is 15.7 Å². The van der Waals surface area contributed by atoms with Crippen molar-refractivity contribution in [3.63, 3.8) is 0 Å². The third-order valence-electron chi connectivity index (χ3n) is 3.85. The molecule has 1 unspecified atom stereocenters. The fraction of sp³-hybridized carbons (Fsp3) is 0.571. The van der Waals surface area contributed by atoms with Gasteiger partial charge in [-0.25, -0.2) is 13.1 Å². The van der Waals surface area contributed by atoms with E-state index in [4.69, 9.17) is 10.5 Å². The third kappa shape index (κ3) is 3.13. The highest BCUT2D eigenvalue weighted by molar-refractivity contribution is 7.89. The number of nitrogens with two attached hydrogens (primary N) is 1. The minimum atomic E-state index is -3.61. The lowest BCUT2D eigenvalue weighted by atomic mass is 10.0. The molecular formula is C14H22N2O3S. The molecule has 1 heterocycles. The molecule has 0 radical (unpaired) electrons. The predicted octanol–water partition coefficient (Wildman–Crippen LogP) is 1.73. The van der Waals surface area contributed by atoms with Crippen LogP contribution in [0.1, 0.15) is 30.9 Å². The monoisotopic (exact) mass is 298 g/mol. The zero-order valence-corrected chi connectivity index (χ0v) is 13.0. The van der Waals surface area contributed by atoms with Gasteiger partial charge in [-0.15, -0.1) is 0 Å². The molecule has 1 aromatic carbocycles. The van der Waals surface area contributed by atoms with Gasteiger partial charge in [-0.05, 0) is 56.9 Å². The molecule has 1 aromatic rings. The summed E-state index contributed by atoms with van der Waals surface area (Å²) in [6, 6.07) is 3.31. The maximum Gasteiger partial charge on any atom is 0.242 e. The van der Waals surface area contributed by atoms with Crippen LogP contribution in [0.2, 0.25) is 0 Å². The molecule has 0 amide bonds. The van der Waals surface area contributed by atoms with Crippen LogP contribution in [0.25, 0.3) is 0 Å². The molecule has 1 aliphatic heterocycles. The first-order chi connectivity index (χ1) is 9.23. The molecule has 1 aliphatic rings. The van der Waals surface area contributed by atoms with Crippen molar-refractivity contribution in [2.75, 3.05) is 18.9 Å². The van der Waals surface area contributed by atoms with Crippen LogP contribution in [0.4, 0.5) is 5.69 Å². The first-order valence-electron chi connectivity index (χ1n) is 6.74. The number of rotatable bonds is 4. The highest BCUT2D eigenvalue weighted by Gasteiger charge is 2.31. The molecule has 6 heteroatoms. The molecule has 1 fully saturated rings. The fourth-order valence-corrected chi connectivity index (χ4v) is 3.70. The molecule has 0 spiro atoms. The Morgan fingerprint density at radius 2 is 2.00 bits per heavy atom.